The van der Waals surface area contributed by atoms with Gasteiger partial charge in [0.2, 0.25) is 11.9 Å². The van der Waals surface area contributed by atoms with Gasteiger partial charge in [0.1, 0.15) is 12.1 Å². The van der Waals surface area contributed by atoms with Gasteiger partial charge in [0.25, 0.3) is 5.91 Å². The number of tetrazole rings is 1. The maximum absolute atomic E-state index is 14.0. The summed E-state index contributed by atoms with van der Waals surface area (Å²) < 4.78 is 1.25. The molecule has 3 aromatic rings. The summed E-state index contributed by atoms with van der Waals surface area (Å²) in [5, 5.41) is 14.2. The van der Waals surface area contributed by atoms with Crippen LogP contribution in [-0.2, 0) is 16.1 Å². The Balaban J connectivity index is 1.77. The van der Waals surface area contributed by atoms with Crippen molar-refractivity contribution in [3.8, 4) is 0 Å². The van der Waals surface area contributed by atoms with Crippen molar-refractivity contribution in [2.24, 2.45) is 0 Å². The molecule has 2 aromatic carbocycles. The second kappa shape index (κ2) is 9.40. The number of aryl methyl sites for hydroxylation is 2. The number of anilines is 3. The van der Waals surface area contributed by atoms with Gasteiger partial charge in [-0.2, -0.15) is 0 Å². The molecular formula is C24H29N7O2. The van der Waals surface area contributed by atoms with Crippen molar-refractivity contribution < 1.29 is 9.59 Å². The molecule has 0 atom stereocenters. The van der Waals surface area contributed by atoms with Gasteiger partial charge in [-0.1, -0.05) is 60.8 Å². The van der Waals surface area contributed by atoms with E-state index in [0.29, 0.717) is 18.5 Å². The molecule has 0 unspecified atom stereocenters. The Labute approximate surface area is 193 Å². The quantitative estimate of drug-likeness (QED) is 0.599. The largest absolute Gasteiger partial charge is 0.367 e. The monoisotopic (exact) mass is 447 g/mol. The van der Waals surface area contributed by atoms with E-state index in [4.69, 9.17) is 5.73 Å². The highest BCUT2D eigenvalue weighted by Crippen LogP contribution is 2.39. The number of hydrogen-bond donors (Lipinski definition) is 2. The molecule has 1 heterocycles. The summed E-state index contributed by atoms with van der Waals surface area (Å²) in [6, 6.07) is 15.2. The number of carbonyl (C=O) groups excluding carboxylic acids is 2. The molecule has 0 bridgehead atoms. The Morgan fingerprint density at radius 3 is 2.30 bits per heavy atom. The standard InChI is InChI=1S/C24H29N7O2/c1-17-10-9-11-18(2)21(17)26-22(33)24(14-7-4-8-15-24)31(19-12-5-3-6-13-19)20(32)16-30-23(25)27-28-29-30/h3,5-6,9-13H,4,7-8,14-16H2,1-2H3,(H,26,33)(H2,25,27,29). The van der Waals surface area contributed by atoms with E-state index in [1.165, 1.54) is 4.68 Å². The second-order valence-electron chi connectivity index (χ2n) is 8.57. The molecule has 4 rings (SSSR count). The number of nitrogen functional groups attached to an aromatic ring is 1. The number of aromatic nitrogens is 4. The fraction of sp³-hybridized carbons (Fsp3) is 0.375. The highest BCUT2D eigenvalue weighted by Gasteiger charge is 2.48. The predicted octanol–water partition coefficient (Wildman–Crippen LogP) is 3.25. The summed E-state index contributed by atoms with van der Waals surface area (Å²) in [6.07, 6.45) is 3.85. The number of hydrogen-bond acceptors (Lipinski definition) is 6. The van der Waals surface area contributed by atoms with Gasteiger partial charge in [-0.25, -0.2) is 4.68 Å². The summed E-state index contributed by atoms with van der Waals surface area (Å²) in [5.74, 6) is -0.422. The van der Waals surface area contributed by atoms with Crippen molar-refractivity contribution in [2.75, 3.05) is 16.0 Å². The minimum Gasteiger partial charge on any atom is -0.367 e. The van der Waals surface area contributed by atoms with E-state index in [1.54, 1.807) is 4.90 Å². The van der Waals surface area contributed by atoms with Crippen molar-refractivity contribution in [2.45, 2.75) is 58.0 Å². The van der Waals surface area contributed by atoms with Crippen molar-refractivity contribution >= 4 is 29.1 Å². The molecule has 1 saturated carbocycles. The number of nitrogens with zero attached hydrogens (tertiary/aromatic N) is 5. The van der Waals surface area contributed by atoms with Gasteiger partial charge >= 0.3 is 0 Å². The molecule has 0 aliphatic heterocycles. The molecule has 1 aliphatic rings. The van der Waals surface area contributed by atoms with Crippen LogP contribution in [0.3, 0.4) is 0 Å². The molecule has 3 N–H and O–H groups in total. The van der Waals surface area contributed by atoms with Gasteiger partial charge in [-0.3, -0.25) is 14.5 Å². The predicted molar refractivity (Wildman–Crippen MR) is 127 cm³/mol. The molecule has 9 nitrogen and oxygen atoms in total. The zero-order chi connectivity index (χ0) is 23.4. The number of nitrogens with two attached hydrogens (primary N) is 1. The average Bonchev–Trinajstić information content (AvgIpc) is 3.22. The topological polar surface area (TPSA) is 119 Å². The van der Waals surface area contributed by atoms with Crippen molar-refractivity contribution in [3.05, 3.63) is 59.7 Å². The van der Waals surface area contributed by atoms with E-state index in [0.717, 1.165) is 36.1 Å². The van der Waals surface area contributed by atoms with E-state index >= 15 is 0 Å². The summed E-state index contributed by atoms with van der Waals surface area (Å²) in [4.78, 5) is 29.4. The highest BCUT2D eigenvalue weighted by atomic mass is 16.2. The molecule has 1 aromatic heterocycles. The van der Waals surface area contributed by atoms with Crippen LogP contribution in [0.4, 0.5) is 17.3 Å². The Kier molecular flexibility index (Phi) is 6.39. The van der Waals surface area contributed by atoms with Gasteiger partial charge in [0.05, 0.1) is 0 Å². The summed E-state index contributed by atoms with van der Waals surface area (Å²) in [6.45, 7) is 3.78. The van der Waals surface area contributed by atoms with Gasteiger partial charge in [-0.15, -0.1) is 0 Å². The Hall–Kier alpha value is -3.75. The third-order valence-electron chi connectivity index (χ3n) is 6.36. The van der Waals surface area contributed by atoms with Crippen LogP contribution in [0, 0.1) is 13.8 Å². The summed E-state index contributed by atoms with van der Waals surface area (Å²) >= 11 is 0. The minimum absolute atomic E-state index is 0.0500. The third kappa shape index (κ3) is 4.44. The van der Waals surface area contributed by atoms with E-state index in [-0.39, 0.29) is 24.3 Å². The molecule has 0 saturated heterocycles. The third-order valence-corrected chi connectivity index (χ3v) is 6.36. The molecule has 1 aliphatic carbocycles. The SMILES string of the molecule is Cc1cccc(C)c1NC(=O)C1(N(C(=O)Cn2nnnc2N)c2ccccc2)CCCCC1. The molecule has 1 fully saturated rings. The van der Waals surface area contributed by atoms with Crippen LogP contribution in [-0.4, -0.2) is 37.6 Å². The number of nitrogens with one attached hydrogen (secondary N) is 1. The fourth-order valence-electron chi connectivity index (χ4n) is 4.66. The lowest BCUT2D eigenvalue weighted by atomic mass is 9.78. The number of carbonyl (C=O) groups is 2. The fourth-order valence-corrected chi connectivity index (χ4v) is 4.66. The first-order chi connectivity index (χ1) is 15.9. The number of para-hydroxylation sites is 2. The van der Waals surface area contributed by atoms with E-state index in [1.807, 2.05) is 62.4 Å². The number of benzene rings is 2. The van der Waals surface area contributed by atoms with Gasteiger partial charge in [0.15, 0.2) is 0 Å². The first-order valence-corrected chi connectivity index (χ1v) is 11.2. The average molecular weight is 448 g/mol. The Bertz CT molecular complexity index is 1120. The van der Waals surface area contributed by atoms with Crippen LogP contribution < -0.4 is 16.0 Å². The van der Waals surface area contributed by atoms with E-state index < -0.39 is 5.54 Å². The molecule has 0 spiro atoms. The normalized spacial score (nSPS) is 15.1. The Morgan fingerprint density at radius 2 is 1.70 bits per heavy atom. The van der Waals surface area contributed by atoms with Crippen LogP contribution >= 0.6 is 0 Å². The molecule has 2 amide bonds. The first kappa shape index (κ1) is 22.4. The van der Waals surface area contributed by atoms with Crippen LogP contribution in [0.1, 0.15) is 43.2 Å². The van der Waals surface area contributed by atoms with Gasteiger partial charge in [-0.05, 0) is 60.4 Å². The van der Waals surface area contributed by atoms with Crippen LogP contribution in [0.25, 0.3) is 0 Å². The van der Waals surface area contributed by atoms with Crippen molar-refractivity contribution in [1.29, 1.82) is 0 Å². The molecular weight excluding hydrogens is 418 g/mol. The van der Waals surface area contributed by atoms with Gasteiger partial charge in [0, 0.05) is 11.4 Å². The second-order valence-corrected chi connectivity index (χ2v) is 8.57. The van der Waals surface area contributed by atoms with Crippen molar-refractivity contribution in [3.63, 3.8) is 0 Å². The minimum atomic E-state index is -1.03. The van der Waals surface area contributed by atoms with E-state index in [9.17, 15) is 9.59 Å². The molecule has 172 valence electrons. The molecule has 0 radical (unpaired) electrons. The smallest absolute Gasteiger partial charge is 0.250 e. The number of rotatable bonds is 6. The maximum Gasteiger partial charge on any atom is 0.250 e. The zero-order valence-electron chi connectivity index (χ0n) is 19.0. The first-order valence-electron chi connectivity index (χ1n) is 11.2. The van der Waals surface area contributed by atoms with Crippen LogP contribution in [0.5, 0.6) is 0 Å². The maximum atomic E-state index is 14.0. The van der Waals surface area contributed by atoms with Crippen LogP contribution in [0.15, 0.2) is 48.5 Å². The molecule has 33 heavy (non-hydrogen) atoms. The van der Waals surface area contributed by atoms with E-state index in [2.05, 4.69) is 20.8 Å². The highest BCUT2D eigenvalue weighted by molar-refractivity contribution is 6.08. The zero-order valence-corrected chi connectivity index (χ0v) is 19.0. The number of amides is 2. The summed E-state index contributed by atoms with van der Waals surface area (Å²) in [7, 11) is 0. The lowest BCUT2D eigenvalue weighted by Gasteiger charge is -2.45. The summed E-state index contributed by atoms with van der Waals surface area (Å²) in [5.41, 5.74) is 8.19. The van der Waals surface area contributed by atoms with Crippen LogP contribution in [0.2, 0.25) is 0 Å². The molecule has 9 heteroatoms. The van der Waals surface area contributed by atoms with Gasteiger partial charge < -0.3 is 11.1 Å². The van der Waals surface area contributed by atoms with Crippen molar-refractivity contribution in [1.82, 2.24) is 20.2 Å². The lowest BCUT2D eigenvalue weighted by Crippen LogP contribution is -2.61. The Morgan fingerprint density at radius 1 is 1.03 bits per heavy atom. The lowest BCUT2D eigenvalue weighted by molar-refractivity contribution is -0.128.